The smallest absolute Gasteiger partial charge is 0.213 e. The number of nitrogens with zero attached hydrogens (tertiary/aromatic N) is 3. The van der Waals surface area contributed by atoms with Crippen LogP contribution >= 0.6 is 11.3 Å². The minimum atomic E-state index is -0.217. The van der Waals surface area contributed by atoms with Gasteiger partial charge in [-0.3, -0.25) is 4.98 Å². The first-order valence-corrected chi connectivity index (χ1v) is 8.83. The molecule has 2 aromatic heterocycles. The second-order valence-corrected chi connectivity index (χ2v) is 6.86. The molecule has 2 atom stereocenters. The van der Waals surface area contributed by atoms with Crippen LogP contribution in [0.1, 0.15) is 34.7 Å². The molecule has 118 valence electrons. The normalized spacial score (nSPS) is 21.7. The molecule has 3 aromatic rings. The monoisotopic (exact) mass is 333 g/mol. The number of thiophene rings is 1. The average Bonchev–Trinajstić information content (AvgIpc) is 3.31. The van der Waals surface area contributed by atoms with E-state index in [-0.39, 0.29) is 12.3 Å². The van der Waals surface area contributed by atoms with E-state index in [2.05, 4.69) is 39.6 Å². The Hall–Kier alpha value is -2.66. The molecule has 5 rings (SSSR count). The van der Waals surface area contributed by atoms with Gasteiger partial charge in [-0.25, -0.2) is 5.01 Å². The van der Waals surface area contributed by atoms with Gasteiger partial charge in [0.2, 0.25) is 6.23 Å². The van der Waals surface area contributed by atoms with Gasteiger partial charge in [0.1, 0.15) is 5.75 Å². The SMILES string of the molecule is c1csc(C2=NN3[C@H](C2)c2ccccc2O[C@@H]3c2ccncc2)c1. The molecule has 0 aliphatic carbocycles. The molecular formula is C19H15N3OS. The van der Waals surface area contributed by atoms with E-state index >= 15 is 0 Å². The third kappa shape index (κ3) is 2.12. The summed E-state index contributed by atoms with van der Waals surface area (Å²) >= 11 is 1.74. The maximum atomic E-state index is 6.29. The number of hydrazone groups is 1. The summed E-state index contributed by atoms with van der Waals surface area (Å²) in [6, 6.07) is 16.7. The Labute approximate surface area is 144 Å². The van der Waals surface area contributed by atoms with Gasteiger partial charge in [-0.05, 0) is 29.6 Å². The quantitative estimate of drug-likeness (QED) is 0.698. The van der Waals surface area contributed by atoms with E-state index in [4.69, 9.17) is 9.84 Å². The number of hydrogen-bond acceptors (Lipinski definition) is 5. The number of rotatable bonds is 2. The minimum Gasteiger partial charge on any atom is -0.464 e. The van der Waals surface area contributed by atoms with E-state index in [0.717, 1.165) is 23.4 Å². The lowest BCUT2D eigenvalue weighted by molar-refractivity contribution is -0.0190. The molecule has 24 heavy (non-hydrogen) atoms. The van der Waals surface area contributed by atoms with Crippen molar-refractivity contribution in [2.75, 3.05) is 0 Å². The topological polar surface area (TPSA) is 37.7 Å². The third-order valence-electron chi connectivity index (χ3n) is 4.50. The number of benzene rings is 1. The summed E-state index contributed by atoms with van der Waals surface area (Å²) in [6.07, 6.45) is 4.29. The standard InChI is InChI=1S/C19H15N3OS/c1-2-5-17-14(4-1)16-12-15(18-6-3-11-24-18)21-22(16)19(23-17)13-7-9-20-10-8-13/h1-11,16,19H,12H2/t16-,19-/m1/s1. The van der Waals surface area contributed by atoms with Gasteiger partial charge in [0, 0.05) is 29.9 Å². The van der Waals surface area contributed by atoms with Crippen LogP contribution in [0.3, 0.4) is 0 Å². The van der Waals surface area contributed by atoms with Gasteiger partial charge in [0.05, 0.1) is 16.6 Å². The van der Waals surface area contributed by atoms with Crippen LogP contribution in [-0.4, -0.2) is 15.7 Å². The number of hydrogen-bond donors (Lipinski definition) is 0. The van der Waals surface area contributed by atoms with E-state index < -0.39 is 0 Å². The van der Waals surface area contributed by atoms with Crippen LogP contribution in [0.15, 0.2) is 71.4 Å². The van der Waals surface area contributed by atoms with Crippen molar-refractivity contribution < 1.29 is 4.74 Å². The fourth-order valence-electron chi connectivity index (χ4n) is 3.37. The number of ether oxygens (including phenoxy) is 1. The summed E-state index contributed by atoms with van der Waals surface area (Å²) in [5, 5.41) is 9.13. The zero-order chi connectivity index (χ0) is 15.9. The molecule has 0 unspecified atom stereocenters. The van der Waals surface area contributed by atoms with Gasteiger partial charge < -0.3 is 4.74 Å². The predicted octanol–water partition coefficient (Wildman–Crippen LogP) is 4.39. The molecular weight excluding hydrogens is 318 g/mol. The fraction of sp³-hybridized carbons (Fsp3) is 0.158. The Balaban J connectivity index is 1.62. The molecule has 2 aliphatic rings. The van der Waals surface area contributed by atoms with Crippen molar-refractivity contribution in [1.29, 1.82) is 0 Å². The summed E-state index contributed by atoms with van der Waals surface area (Å²) < 4.78 is 6.29. The lowest BCUT2D eigenvalue weighted by Gasteiger charge is -2.38. The molecule has 1 aromatic carbocycles. The average molecular weight is 333 g/mol. The molecule has 0 spiro atoms. The largest absolute Gasteiger partial charge is 0.464 e. The van der Waals surface area contributed by atoms with Gasteiger partial charge in [0.15, 0.2) is 0 Å². The molecule has 4 heterocycles. The highest BCUT2D eigenvalue weighted by molar-refractivity contribution is 7.12. The summed E-state index contributed by atoms with van der Waals surface area (Å²) in [5.74, 6) is 0.947. The molecule has 0 radical (unpaired) electrons. The highest BCUT2D eigenvalue weighted by Gasteiger charge is 2.40. The van der Waals surface area contributed by atoms with Crippen LogP contribution in [0.4, 0.5) is 0 Å². The summed E-state index contributed by atoms with van der Waals surface area (Å²) in [7, 11) is 0. The van der Waals surface area contributed by atoms with Crippen molar-refractivity contribution in [3.63, 3.8) is 0 Å². The fourth-order valence-corrected chi connectivity index (χ4v) is 4.09. The summed E-state index contributed by atoms with van der Waals surface area (Å²) in [6.45, 7) is 0. The van der Waals surface area contributed by atoms with Crippen molar-refractivity contribution in [3.8, 4) is 5.75 Å². The summed E-state index contributed by atoms with van der Waals surface area (Å²) in [5.41, 5.74) is 3.41. The molecule has 5 heteroatoms. The molecule has 0 saturated heterocycles. The zero-order valence-corrected chi connectivity index (χ0v) is 13.7. The van der Waals surface area contributed by atoms with Crippen molar-refractivity contribution in [2.45, 2.75) is 18.7 Å². The highest BCUT2D eigenvalue weighted by Crippen LogP contribution is 2.47. The first-order valence-electron chi connectivity index (χ1n) is 7.95. The summed E-state index contributed by atoms with van der Waals surface area (Å²) in [4.78, 5) is 5.35. The maximum Gasteiger partial charge on any atom is 0.213 e. The molecule has 2 aliphatic heterocycles. The first kappa shape index (κ1) is 13.7. The Morgan fingerprint density at radius 2 is 1.92 bits per heavy atom. The molecule has 0 amide bonds. The van der Waals surface area contributed by atoms with Crippen molar-refractivity contribution in [2.24, 2.45) is 5.10 Å². The van der Waals surface area contributed by atoms with Gasteiger partial charge in [-0.2, -0.15) is 5.10 Å². The van der Waals surface area contributed by atoms with E-state index in [1.54, 1.807) is 23.7 Å². The number of fused-ring (bicyclic) bond motifs is 3. The van der Waals surface area contributed by atoms with E-state index in [0.29, 0.717) is 0 Å². The molecule has 0 bridgehead atoms. The highest BCUT2D eigenvalue weighted by atomic mass is 32.1. The van der Waals surface area contributed by atoms with Crippen LogP contribution in [-0.2, 0) is 0 Å². The number of para-hydroxylation sites is 1. The zero-order valence-electron chi connectivity index (χ0n) is 12.9. The van der Waals surface area contributed by atoms with Gasteiger partial charge in [-0.15, -0.1) is 11.3 Å². The van der Waals surface area contributed by atoms with Gasteiger partial charge in [-0.1, -0.05) is 24.3 Å². The Morgan fingerprint density at radius 1 is 1.04 bits per heavy atom. The van der Waals surface area contributed by atoms with Gasteiger partial charge >= 0.3 is 0 Å². The second-order valence-electron chi connectivity index (χ2n) is 5.91. The molecule has 0 N–H and O–H groups in total. The van der Waals surface area contributed by atoms with Crippen LogP contribution in [0.2, 0.25) is 0 Å². The Bertz CT molecular complexity index is 892. The van der Waals surface area contributed by atoms with Crippen LogP contribution in [0.25, 0.3) is 0 Å². The van der Waals surface area contributed by atoms with E-state index in [9.17, 15) is 0 Å². The van der Waals surface area contributed by atoms with Crippen LogP contribution < -0.4 is 4.74 Å². The van der Waals surface area contributed by atoms with Gasteiger partial charge in [0.25, 0.3) is 0 Å². The lowest BCUT2D eigenvalue weighted by Crippen LogP contribution is -2.33. The molecule has 4 nitrogen and oxygen atoms in total. The number of pyridine rings is 1. The lowest BCUT2D eigenvalue weighted by atomic mass is 9.98. The van der Waals surface area contributed by atoms with Crippen LogP contribution in [0, 0.1) is 0 Å². The number of aromatic nitrogens is 1. The molecule has 0 fully saturated rings. The second kappa shape index (κ2) is 5.46. The third-order valence-corrected chi connectivity index (χ3v) is 5.41. The minimum absolute atomic E-state index is 0.213. The van der Waals surface area contributed by atoms with E-state index in [1.165, 1.54) is 10.4 Å². The van der Waals surface area contributed by atoms with Crippen molar-refractivity contribution in [3.05, 3.63) is 82.3 Å². The van der Waals surface area contributed by atoms with Crippen LogP contribution in [0.5, 0.6) is 5.75 Å². The van der Waals surface area contributed by atoms with Crippen molar-refractivity contribution in [1.82, 2.24) is 9.99 Å². The maximum absolute atomic E-state index is 6.29. The predicted molar refractivity (Wildman–Crippen MR) is 94.1 cm³/mol. The van der Waals surface area contributed by atoms with Crippen molar-refractivity contribution >= 4 is 17.0 Å². The van der Waals surface area contributed by atoms with E-state index in [1.807, 2.05) is 24.3 Å². The Morgan fingerprint density at radius 3 is 2.75 bits per heavy atom. The first-order chi connectivity index (χ1) is 11.9. The Kier molecular flexibility index (Phi) is 3.13. The molecule has 0 saturated carbocycles.